The van der Waals surface area contributed by atoms with Gasteiger partial charge in [0.05, 0.1) is 13.2 Å². The van der Waals surface area contributed by atoms with E-state index in [1.807, 2.05) is 0 Å². The summed E-state index contributed by atoms with van der Waals surface area (Å²) >= 11 is 0. The van der Waals surface area contributed by atoms with E-state index in [4.69, 9.17) is 18.9 Å². The highest BCUT2D eigenvalue weighted by Gasteiger charge is 2.30. The second-order valence-corrected chi connectivity index (χ2v) is 7.11. The van der Waals surface area contributed by atoms with E-state index in [9.17, 15) is 24.0 Å². The van der Waals surface area contributed by atoms with Crippen LogP contribution in [0.3, 0.4) is 0 Å². The molecule has 196 valence electrons. The number of hydrogen-bond acceptors (Lipinski definition) is 13. The second kappa shape index (κ2) is 12.3. The lowest BCUT2D eigenvalue weighted by atomic mass is 10.1. The lowest BCUT2D eigenvalue weighted by Crippen LogP contribution is -2.30. The fraction of sp³-hybridized carbons (Fsp3) is 0.476. The number of carbonyl (C=O) groups excluding carboxylic acids is 5. The number of Topliss-reactive ketones (excluding diaryl/α,β-unsaturated/α-hetero) is 2. The molecule has 2 heterocycles. The summed E-state index contributed by atoms with van der Waals surface area (Å²) in [5.41, 5.74) is -0.294. The van der Waals surface area contributed by atoms with E-state index in [2.05, 4.69) is 19.7 Å². The Morgan fingerprint density at radius 2 is 1.08 bits per heavy atom. The molecule has 0 fully saturated rings. The molecular weight excluding hydrogens is 484 g/mol. The Balaban J connectivity index is 2.03. The van der Waals surface area contributed by atoms with Crippen LogP contribution in [0.4, 0.5) is 14.4 Å². The SMILES string of the molecule is CCOC(=O)Oc1nn(C)cc1C(=O)C(C)OC(=O)OC(C)C(=O)c1cn(C)nc1OC(=O)OCC. The molecule has 0 N–H and O–H groups in total. The van der Waals surface area contributed by atoms with Gasteiger partial charge in [-0.2, -0.15) is 0 Å². The molecule has 0 spiro atoms. The minimum Gasteiger partial charge on any atom is -0.434 e. The van der Waals surface area contributed by atoms with Gasteiger partial charge in [0.1, 0.15) is 11.1 Å². The maximum absolute atomic E-state index is 12.7. The Bertz CT molecular complexity index is 1050. The van der Waals surface area contributed by atoms with Crippen LogP contribution < -0.4 is 9.47 Å². The third-order valence-corrected chi connectivity index (χ3v) is 4.29. The van der Waals surface area contributed by atoms with Crippen LogP contribution in [0.15, 0.2) is 12.4 Å². The molecular formula is C21H26N4O11. The average molecular weight is 510 g/mol. The number of aromatic nitrogens is 4. The van der Waals surface area contributed by atoms with Crippen molar-refractivity contribution in [2.75, 3.05) is 13.2 Å². The van der Waals surface area contributed by atoms with Crippen molar-refractivity contribution in [2.45, 2.75) is 39.9 Å². The first-order valence-electron chi connectivity index (χ1n) is 10.7. The summed E-state index contributed by atoms with van der Waals surface area (Å²) in [4.78, 5) is 60.9. The predicted molar refractivity (Wildman–Crippen MR) is 117 cm³/mol. The molecule has 0 saturated heterocycles. The number of hydrogen-bond donors (Lipinski definition) is 0. The molecule has 15 nitrogen and oxygen atoms in total. The van der Waals surface area contributed by atoms with Crippen molar-refractivity contribution in [3.63, 3.8) is 0 Å². The molecule has 0 radical (unpaired) electrons. The third-order valence-electron chi connectivity index (χ3n) is 4.29. The van der Waals surface area contributed by atoms with Crippen molar-refractivity contribution in [2.24, 2.45) is 14.1 Å². The third kappa shape index (κ3) is 7.28. The zero-order valence-corrected chi connectivity index (χ0v) is 20.5. The van der Waals surface area contributed by atoms with E-state index < -0.39 is 42.2 Å². The first-order chi connectivity index (χ1) is 17.0. The number of carbonyl (C=O) groups is 5. The molecule has 36 heavy (non-hydrogen) atoms. The van der Waals surface area contributed by atoms with Gasteiger partial charge in [-0.15, -0.1) is 10.2 Å². The summed E-state index contributed by atoms with van der Waals surface area (Å²) in [5, 5.41) is 7.73. The maximum Gasteiger partial charge on any atom is 0.515 e. The zero-order valence-electron chi connectivity index (χ0n) is 20.5. The van der Waals surface area contributed by atoms with E-state index in [1.54, 1.807) is 13.8 Å². The van der Waals surface area contributed by atoms with Gasteiger partial charge in [0.25, 0.3) is 11.8 Å². The standard InChI is InChI=1S/C21H26N4O11/c1-7-31-19(28)35-17-13(9-24(5)22-17)15(26)11(3)33-21(30)34-12(4)16(27)14-10-25(6)23-18(14)36-20(29)32-8-2/h9-12H,7-8H2,1-6H3. The van der Waals surface area contributed by atoms with Gasteiger partial charge in [-0.05, 0) is 27.7 Å². The molecule has 0 aromatic carbocycles. The van der Waals surface area contributed by atoms with Gasteiger partial charge >= 0.3 is 18.5 Å². The first-order valence-corrected chi connectivity index (χ1v) is 10.7. The van der Waals surface area contributed by atoms with Crippen LogP contribution in [-0.4, -0.2) is 75.0 Å². The average Bonchev–Trinajstić information content (AvgIpc) is 3.33. The Labute approximate surface area is 205 Å². The van der Waals surface area contributed by atoms with E-state index in [1.165, 1.54) is 49.7 Å². The van der Waals surface area contributed by atoms with Gasteiger partial charge in [0.2, 0.25) is 11.6 Å². The summed E-state index contributed by atoms with van der Waals surface area (Å²) in [6.07, 6.45) is -3.71. The van der Waals surface area contributed by atoms with Gasteiger partial charge in [0.15, 0.2) is 12.2 Å². The number of nitrogens with zero attached hydrogens (tertiary/aromatic N) is 4. The Kier molecular flexibility index (Phi) is 9.52. The van der Waals surface area contributed by atoms with Gasteiger partial charge in [0, 0.05) is 26.5 Å². The molecule has 15 heteroatoms. The van der Waals surface area contributed by atoms with Crippen LogP contribution in [0, 0.1) is 0 Å². The molecule has 0 bridgehead atoms. The van der Waals surface area contributed by atoms with E-state index in [-0.39, 0.29) is 36.1 Å². The van der Waals surface area contributed by atoms with Crippen molar-refractivity contribution in [3.05, 3.63) is 23.5 Å². The van der Waals surface area contributed by atoms with E-state index in [0.29, 0.717) is 0 Å². The highest BCUT2D eigenvalue weighted by Crippen LogP contribution is 2.21. The monoisotopic (exact) mass is 510 g/mol. The van der Waals surface area contributed by atoms with Crippen LogP contribution in [0.25, 0.3) is 0 Å². The first kappa shape index (κ1) is 27.8. The quantitative estimate of drug-likeness (QED) is 0.258. The minimum absolute atomic E-state index is 0.0483. The van der Waals surface area contributed by atoms with Crippen molar-refractivity contribution in [3.8, 4) is 11.8 Å². The Morgan fingerprint density at radius 1 is 0.722 bits per heavy atom. The minimum atomic E-state index is -1.39. The second-order valence-electron chi connectivity index (χ2n) is 7.11. The molecule has 0 saturated carbocycles. The molecule has 0 aliphatic heterocycles. The molecule has 0 amide bonds. The van der Waals surface area contributed by atoms with Gasteiger partial charge < -0.3 is 28.4 Å². The summed E-state index contributed by atoms with van der Waals surface area (Å²) in [6.45, 7) is 5.75. The van der Waals surface area contributed by atoms with Crippen molar-refractivity contribution >= 4 is 30.0 Å². The predicted octanol–water partition coefficient (Wildman–Crippen LogP) is 2.22. The molecule has 2 aromatic heterocycles. The lowest BCUT2D eigenvalue weighted by Gasteiger charge is -2.15. The highest BCUT2D eigenvalue weighted by atomic mass is 16.7. The molecule has 2 aromatic rings. The summed E-state index contributed by atoms with van der Waals surface area (Å²) in [5.74, 6) is -2.18. The Morgan fingerprint density at radius 3 is 1.42 bits per heavy atom. The molecule has 2 rings (SSSR count). The fourth-order valence-corrected chi connectivity index (χ4v) is 2.74. The van der Waals surface area contributed by atoms with Crippen LogP contribution in [0.2, 0.25) is 0 Å². The van der Waals surface area contributed by atoms with E-state index in [0.717, 1.165) is 0 Å². The zero-order chi connectivity index (χ0) is 27.0. The fourth-order valence-electron chi connectivity index (χ4n) is 2.74. The van der Waals surface area contributed by atoms with Crippen molar-refractivity contribution < 1.29 is 52.4 Å². The van der Waals surface area contributed by atoms with Crippen molar-refractivity contribution in [1.29, 1.82) is 0 Å². The molecule has 2 atom stereocenters. The van der Waals surface area contributed by atoms with Crippen molar-refractivity contribution in [1.82, 2.24) is 19.6 Å². The topological polar surface area (TPSA) is 176 Å². The van der Waals surface area contributed by atoms with Crippen LogP contribution in [-0.2, 0) is 33.0 Å². The largest absolute Gasteiger partial charge is 0.515 e. The van der Waals surface area contributed by atoms with Gasteiger partial charge in [-0.25, -0.2) is 14.4 Å². The maximum atomic E-state index is 12.7. The molecule has 2 unspecified atom stereocenters. The number of ketones is 2. The summed E-state index contributed by atoms with van der Waals surface area (Å²) in [6, 6.07) is 0. The normalized spacial score (nSPS) is 12.2. The van der Waals surface area contributed by atoms with Gasteiger partial charge in [-0.3, -0.25) is 19.0 Å². The summed E-state index contributed by atoms with van der Waals surface area (Å²) < 4.78 is 31.5. The number of ether oxygens (including phenoxy) is 6. The summed E-state index contributed by atoms with van der Waals surface area (Å²) in [7, 11) is 2.97. The van der Waals surface area contributed by atoms with Crippen LogP contribution in [0.5, 0.6) is 11.8 Å². The molecule has 0 aliphatic carbocycles. The van der Waals surface area contributed by atoms with Crippen LogP contribution in [0.1, 0.15) is 48.4 Å². The molecule has 0 aliphatic rings. The number of aryl methyl sites for hydroxylation is 2. The lowest BCUT2D eigenvalue weighted by molar-refractivity contribution is 0.0106. The van der Waals surface area contributed by atoms with E-state index >= 15 is 0 Å². The van der Waals surface area contributed by atoms with Crippen LogP contribution >= 0.6 is 0 Å². The number of rotatable bonds is 10. The van der Waals surface area contributed by atoms with Gasteiger partial charge in [-0.1, -0.05) is 0 Å². The Hall–Kier alpha value is -4.43. The highest BCUT2D eigenvalue weighted by molar-refractivity contribution is 6.03. The smallest absolute Gasteiger partial charge is 0.434 e.